The smallest absolute Gasteiger partial charge is 0.163 e. The molecule has 7 heteroatoms. The maximum absolute atomic E-state index is 5.23. The van der Waals surface area contributed by atoms with E-state index in [4.69, 9.17) is 10.1 Å². The number of aromatic amines is 1. The number of benzene rings is 1. The van der Waals surface area contributed by atoms with E-state index < -0.39 is 0 Å². The van der Waals surface area contributed by atoms with Crippen LogP contribution in [0.4, 0.5) is 0 Å². The largest absolute Gasteiger partial charge is 0.297 e. The van der Waals surface area contributed by atoms with Gasteiger partial charge in [-0.2, -0.15) is 10.2 Å². The van der Waals surface area contributed by atoms with Crippen molar-refractivity contribution in [1.82, 2.24) is 34.7 Å². The van der Waals surface area contributed by atoms with E-state index in [9.17, 15) is 0 Å². The summed E-state index contributed by atoms with van der Waals surface area (Å²) in [6, 6.07) is 11.6. The molecule has 1 aliphatic heterocycles. The molecule has 1 N–H and O–H groups in total. The van der Waals surface area contributed by atoms with E-state index in [2.05, 4.69) is 70.5 Å². The van der Waals surface area contributed by atoms with Gasteiger partial charge in [0.25, 0.3) is 0 Å². The standard InChI is InChI=1S/C28H31N7/c1-5-20-15-22(18(4)34(20)6-2)24-11-14-30-28-25(21-8-7-17(3)26-23(21)16-31-32-26)27(33-35(24)28)19-9-12-29-13-10-19/h7-14,16,18,20,22H,5-6,15H2,1-4H3,(H,31,32). The Morgan fingerprint density at radius 2 is 1.89 bits per heavy atom. The molecule has 0 aliphatic carbocycles. The van der Waals surface area contributed by atoms with Crippen molar-refractivity contribution in [3.63, 3.8) is 0 Å². The Morgan fingerprint density at radius 3 is 2.63 bits per heavy atom. The van der Waals surface area contributed by atoms with Crippen LogP contribution in [0.3, 0.4) is 0 Å². The Morgan fingerprint density at radius 1 is 1.06 bits per heavy atom. The molecule has 0 radical (unpaired) electrons. The normalized spacial score (nSPS) is 20.9. The zero-order valence-corrected chi connectivity index (χ0v) is 20.7. The van der Waals surface area contributed by atoms with E-state index >= 15 is 0 Å². The monoisotopic (exact) mass is 465 g/mol. The molecular weight excluding hydrogens is 434 g/mol. The van der Waals surface area contributed by atoms with Crippen molar-refractivity contribution in [1.29, 1.82) is 0 Å². The third-order valence-corrected chi connectivity index (χ3v) is 7.91. The molecule has 1 saturated heterocycles. The molecule has 1 aliphatic rings. The van der Waals surface area contributed by atoms with Crippen molar-refractivity contribution in [2.24, 2.45) is 0 Å². The van der Waals surface area contributed by atoms with Gasteiger partial charge < -0.3 is 0 Å². The molecule has 4 aromatic heterocycles. The zero-order valence-electron chi connectivity index (χ0n) is 20.7. The molecule has 0 bridgehead atoms. The lowest BCUT2D eigenvalue weighted by molar-refractivity contribution is 0.205. The van der Waals surface area contributed by atoms with E-state index in [1.165, 1.54) is 11.3 Å². The van der Waals surface area contributed by atoms with Crippen LogP contribution in [0.15, 0.2) is 55.1 Å². The lowest BCUT2D eigenvalue weighted by Crippen LogP contribution is -2.35. The summed E-state index contributed by atoms with van der Waals surface area (Å²) in [5.74, 6) is 0.399. The van der Waals surface area contributed by atoms with E-state index in [0.717, 1.165) is 58.3 Å². The second-order valence-electron chi connectivity index (χ2n) is 9.63. The molecule has 3 unspecified atom stereocenters. The van der Waals surface area contributed by atoms with Crippen molar-refractivity contribution in [2.75, 3.05) is 6.54 Å². The summed E-state index contributed by atoms with van der Waals surface area (Å²) in [5.41, 5.74) is 8.41. The van der Waals surface area contributed by atoms with E-state index in [1.807, 2.05) is 36.9 Å². The topological polar surface area (TPSA) is 75.0 Å². The van der Waals surface area contributed by atoms with Crippen LogP contribution in [0.25, 0.3) is 38.9 Å². The van der Waals surface area contributed by atoms with E-state index in [1.54, 1.807) is 0 Å². The highest BCUT2D eigenvalue weighted by Gasteiger charge is 2.39. The van der Waals surface area contributed by atoms with Gasteiger partial charge in [0, 0.05) is 47.5 Å². The molecule has 3 atom stereocenters. The van der Waals surface area contributed by atoms with Gasteiger partial charge in [-0.05, 0) is 62.6 Å². The second kappa shape index (κ2) is 8.57. The van der Waals surface area contributed by atoms with Crippen molar-refractivity contribution in [3.05, 3.63) is 66.4 Å². The molecule has 0 saturated carbocycles. The first-order chi connectivity index (χ1) is 17.1. The fourth-order valence-corrected chi connectivity index (χ4v) is 6.10. The van der Waals surface area contributed by atoms with Crippen molar-refractivity contribution >= 4 is 16.6 Å². The molecule has 178 valence electrons. The number of nitrogens with one attached hydrogen (secondary N) is 1. The van der Waals surface area contributed by atoms with Crippen LogP contribution in [0, 0.1) is 6.92 Å². The number of H-pyrrole nitrogens is 1. The lowest BCUT2D eigenvalue weighted by atomic mass is 9.95. The van der Waals surface area contributed by atoms with Crippen molar-refractivity contribution < 1.29 is 0 Å². The Kier molecular flexibility index (Phi) is 5.37. The number of fused-ring (bicyclic) bond motifs is 2. The van der Waals surface area contributed by atoms with E-state index in [0.29, 0.717) is 18.0 Å². The summed E-state index contributed by atoms with van der Waals surface area (Å²) in [6.07, 6.45) is 9.81. The molecule has 0 spiro atoms. The van der Waals surface area contributed by atoms with Gasteiger partial charge in [0.2, 0.25) is 0 Å². The number of hydrogen-bond acceptors (Lipinski definition) is 5. The Hall–Kier alpha value is -3.58. The molecule has 7 nitrogen and oxygen atoms in total. The molecule has 0 amide bonds. The van der Waals surface area contributed by atoms with Gasteiger partial charge in [-0.1, -0.05) is 26.0 Å². The molecular formula is C28H31N7. The summed E-state index contributed by atoms with van der Waals surface area (Å²) in [5, 5.41) is 13.8. The predicted molar refractivity (Wildman–Crippen MR) is 139 cm³/mol. The number of pyridine rings is 1. The zero-order chi connectivity index (χ0) is 24.1. The summed E-state index contributed by atoms with van der Waals surface area (Å²) in [4.78, 5) is 11.8. The third kappa shape index (κ3) is 3.37. The van der Waals surface area contributed by atoms with Crippen LogP contribution in [0.1, 0.15) is 50.8 Å². The number of likely N-dealkylation sites (N-methyl/N-ethyl adjacent to an activating group) is 1. The van der Waals surface area contributed by atoms with Crippen LogP contribution >= 0.6 is 0 Å². The van der Waals surface area contributed by atoms with Gasteiger partial charge in [0.1, 0.15) is 5.69 Å². The average molecular weight is 466 g/mol. The van der Waals surface area contributed by atoms with Gasteiger partial charge in [0.05, 0.1) is 23.0 Å². The van der Waals surface area contributed by atoms with Crippen LogP contribution in [0.5, 0.6) is 0 Å². The van der Waals surface area contributed by atoms with Crippen molar-refractivity contribution in [3.8, 4) is 22.4 Å². The summed E-state index contributed by atoms with van der Waals surface area (Å²) >= 11 is 0. The minimum atomic E-state index is 0.399. The highest BCUT2D eigenvalue weighted by atomic mass is 15.3. The summed E-state index contributed by atoms with van der Waals surface area (Å²) in [6.45, 7) is 10.1. The van der Waals surface area contributed by atoms with Gasteiger partial charge in [-0.25, -0.2) is 9.50 Å². The number of aromatic nitrogens is 6. The SMILES string of the molecule is CCC1CC(c2ccnc3c(-c4ccc(C)c5[nH]ncc45)c(-c4ccncc4)nn23)C(C)N1CC. The fourth-order valence-electron chi connectivity index (χ4n) is 6.10. The minimum Gasteiger partial charge on any atom is -0.297 e. The summed E-state index contributed by atoms with van der Waals surface area (Å²) < 4.78 is 2.10. The van der Waals surface area contributed by atoms with Crippen LogP contribution < -0.4 is 0 Å². The van der Waals surface area contributed by atoms with Crippen molar-refractivity contribution in [2.45, 2.75) is 58.5 Å². The van der Waals surface area contributed by atoms with E-state index in [-0.39, 0.29) is 0 Å². The highest BCUT2D eigenvalue weighted by molar-refractivity contribution is 6.03. The van der Waals surface area contributed by atoms with Gasteiger partial charge in [-0.15, -0.1) is 0 Å². The van der Waals surface area contributed by atoms with Gasteiger partial charge in [0.15, 0.2) is 5.65 Å². The molecule has 1 fully saturated rings. The molecule has 6 rings (SSSR count). The highest BCUT2D eigenvalue weighted by Crippen LogP contribution is 2.42. The molecule has 1 aromatic carbocycles. The minimum absolute atomic E-state index is 0.399. The molecule has 5 aromatic rings. The first-order valence-corrected chi connectivity index (χ1v) is 12.6. The van der Waals surface area contributed by atoms with Gasteiger partial charge in [-0.3, -0.25) is 15.0 Å². The number of nitrogens with zero attached hydrogens (tertiary/aromatic N) is 6. The maximum atomic E-state index is 5.23. The average Bonchev–Trinajstić information content (AvgIpc) is 3.60. The summed E-state index contributed by atoms with van der Waals surface area (Å²) in [7, 11) is 0. The lowest BCUT2D eigenvalue weighted by Gasteiger charge is -2.27. The van der Waals surface area contributed by atoms with Crippen LogP contribution in [-0.4, -0.2) is 53.3 Å². The predicted octanol–water partition coefficient (Wildman–Crippen LogP) is 5.62. The Bertz CT molecular complexity index is 1500. The Balaban J connectivity index is 1.62. The Labute approximate surface area is 205 Å². The number of hydrogen-bond donors (Lipinski definition) is 1. The van der Waals surface area contributed by atoms with Gasteiger partial charge >= 0.3 is 0 Å². The first-order valence-electron chi connectivity index (χ1n) is 12.6. The third-order valence-electron chi connectivity index (χ3n) is 7.91. The number of rotatable bonds is 5. The number of likely N-dealkylation sites (tertiary alicyclic amines) is 1. The van der Waals surface area contributed by atoms with Crippen LogP contribution in [0.2, 0.25) is 0 Å². The molecule has 5 heterocycles. The second-order valence-corrected chi connectivity index (χ2v) is 9.63. The quantitative estimate of drug-likeness (QED) is 0.365. The molecule has 35 heavy (non-hydrogen) atoms. The maximum Gasteiger partial charge on any atom is 0.163 e. The number of aryl methyl sites for hydroxylation is 1. The first kappa shape index (κ1) is 21.9. The van der Waals surface area contributed by atoms with Crippen LogP contribution in [-0.2, 0) is 0 Å². The fraction of sp³-hybridized carbons (Fsp3) is 0.357.